The first-order chi connectivity index (χ1) is 9.72. The van der Waals surface area contributed by atoms with Crippen molar-refractivity contribution in [1.29, 1.82) is 0 Å². The Bertz CT molecular complexity index is 699. The molecule has 3 heterocycles. The lowest BCUT2D eigenvalue weighted by Gasteiger charge is -2.05. The third kappa shape index (κ3) is 2.59. The summed E-state index contributed by atoms with van der Waals surface area (Å²) in [5.41, 5.74) is 5.40. The Hall–Kier alpha value is -2.49. The Morgan fingerprint density at radius 2 is 1.85 bits per heavy atom. The van der Waals surface area contributed by atoms with Crippen LogP contribution in [0.25, 0.3) is 11.3 Å². The molecule has 0 aliphatic carbocycles. The molecule has 4 nitrogen and oxygen atoms in total. The first-order valence-electron chi connectivity index (χ1n) is 6.59. The molecule has 0 radical (unpaired) electrons. The van der Waals surface area contributed by atoms with E-state index in [9.17, 15) is 0 Å². The average Bonchev–Trinajstić information content (AvgIpc) is 2.79. The highest BCUT2D eigenvalue weighted by Crippen LogP contribution is 2.16. The maximum atomic E-state index is 4.51. The van der Waals surface area contributed by atoms with Crippen molar-refractivity contribution in [2.75, 3.05) is 0 Å². The second kappa shape index (κ2) is 5.25. The minimum absolute atomic E-state index is 0.753. The number of rotatable bonds is 3. The van der Waals surface area contributed by atoms with Crippen LogP contribution in [0.4, 0.5) is 0 Å². The summed E-state index contributed by atoms with van der Waals surface area (Å²) in [6.45, 7) is 4.83. The molecule has 100 valence electrons. The molecule has 0 aliphatic heterocycles. The van der Waals surface area contributed by atoms with Gasteiger partial charge in [-0.3, -0.25) is 14.6 Å². The first kappa shape index (κ1) is 12.5. The molecule has 0 unspecified atom stereocenters. The van der Waals surface area contributed by atoms with Crippen molar-refractivity contribution >= 4 is 0 Å². The number of hydrogen-bond acceptors (Lipinski definition) is 3. The molecule has 0 saturated carbocycles. The zero-order chi connectivity index (χ0) is 13.9. The Morgan fingerprint density at radius 3 is 2.45 bits per heavy atom. The summed E-state index contributed by atoms with van der Waals surface area (Å²) >= 11 is 0. The molecule has 0 bridgehead atoms. The van der Waals surface area contributed by atoms with Crippen LogP contribution >= 0.6 is 0 Å². The van der Waals surface area contributed by atoms with E-state index in [2.05, 4.69) is 34.1 Å². The second-order valence-electron chi connectivity index (χ2n) is 4.87. The Labute approximate surface area is 118 Å². The molecular formula is C16H16N4. The van der Waals surface area contributed by atoms with E-state index in [-0.39, 0.29) is 0 Å². The monoisotopic (exact) mass is 264 g/mol. The topological polar surface area (TPSA) is 43.6 Å². The van der Waals surface area contributed by atoms with Crippen molar-refractivity contribution in [2.24, 2.45) is 0 Å². The average molecular weight is 264 g/mol. The third-order valence-corrected chi connectivity index (χ3v) is 3.24. The lowest BCUT2D eigenvalue weighted by atomic mass is 10.1. The normalized spacial score (nSPS) is 10.7. The molecule has 3 aromatic heterocycles. The maximum Gasteiger partial charge on any atom is 0.0703 e. The van der Waals surface area contributed by atoms with Crippen LogP contribution in [0.5, 0.6) is 0 Å². The summed E-state index contributed by atoms with van der Waals surface area (Å²) in [5.74, 6) is 0. The van der Waals surface area contributed by atoms with E-state index in [1.165, 1.54) is 5.69 Å². The molecule has 0 spiro atoms. The molecule has 20 heavy (non-hydrogen) atoms. The van der Waals surface area contributed by atoms with Crippen LogP contribution in [-0.2, 0) is 6.54 Å². The number of hydrogen-bond donors (Lipinski definition) is 0. The summed E-state index contributed by atoms with van der Waals surface area (Å²) in [5, 5.41) is 4.47. The van der Waals surface area contributed by atoms with E-state index in [4.69, 9.17) is 0 Å². The van der Waals surface area contributed by atoms with Gasteiger partial charge in [0.2, 0.25) is 0 Å². The van der Waals surface area contributed by atoms with Crippen molar-refractivity contribution in [2.45, 2.75) is 20.4 Å². The minimum atomic E-state index is 0.753. The van der Waals surface area contributed by atoms with Crippen LogP contribution in [-0.4, -0.2) is 19.7 Å². The van der Waals surface area contributed by atoms with Crippen molar-refractivity contribution in [3.63, 3.8) is 0 Å². The zero-order valence-electron chi connectivity index (χ0n) is 11.6. The van der Waals surface area contributed by atoms with Gasteiger partial charge in [0.05, 0.1) is 17.9 Å². The number of pyridine rings is 2. The lowest BCUT2D eigenvalue weighted by Crippen LogP contribution is -2.04. The summed E-state index contributed by atoms with van der Waals surface area (Å²) in [6, 6.07) is 10.1. The Kier molecular flexibility index (Phi) is 3.29. The van der Waals surface area contributed by atoms with E-state index in [1.54, 1.807) is 12.4 Å². The van der Waals surface area contributed by atoms with Gasteiger partial charge in [-0.05, 0) is 43.7 Å². The summed E-state index contributed by atoms with van der Waals surface area (Å²) in [6.07, 6.45) is 5.47. The van der Waals surface area contributed by atoms with Crippen LogP contribution < -0.4 is 0 Å². The van der Waals surface area contributed by atoms with Gasteiger partial charge >= 0.3 is 0 Å². The number of aromatic nitrogens is 4. The molecule has 3 rings (SSSR count). The van der Waals surface area contributed by atoms with Crippen LogP contribution in [0.1, 0.15) is 17.0 Å². The van der Waals surface area contributed by atoms with Gasteiger partial charge in [0.25, 0.3) is 0 Å². The highest BCUT2D eigenvalue weighted by molar-refractivity contribution is 5.57. The quantitative estimate of drug-likeness (QED) is 0.730. The molecule has 0 fully saturated rings. The van der Waals surface area contributed by atoms with E-state index in [0.29, 0.717) is 0 Å². The van der Waals surface area contributed by atoms with Gasteiger partial charge in [-0.2, -0.15) is 5.10 Å². The fourth-order valence-corrected chi connectivity index (χ4v) is 2.22. The molecule has 0 aromatic carbocycles. The summed E-state index contributed by atoms with van der Waals surface area (Å²) in [7, 11) is 0. The van der Waals surface area contributed by atoms with Crippen molar-refractivity contribution < 1.29 is 0 Å². The summed E-state index contributed by atoms with van der Waals surface area (Å²) < 4.78 is 2.00. The van der Waals surface area contributed by atoms with E-state index in [0.717, 1.165) is 29.1 Å². The van der Waals surface area contributed by atoms with E-state index in [1.807, 2.05) is 36.0 Å². The van der Waals surface area contributed by atoms with Crippen molar-refractivity contribution in [3.05, 3.63) is 65.9 Å². The lowest BCUT2D eigenvalue weighted by molar-refractivity contribution is 0.657. The van der Waals surface area contributed by atoms with Gasteiger partial charge in [-0.25, -0.2) is 0 Å². The number of aryl methyl sites for hydroxylation is 2. The van der Waals surface area contributed by atoms with Crippen LogP contribution in [0.15, 0.2) is 48.9 Å². The molecule has 0 amide bonds. The van der Waals surface area contributed by atoms with Crippen LogP contribution in [0.2, 0.25) is 0 Å². The van der Waals surface area contributed by atoms with Gasteiger partial charge < -0.3 is 0 Å². The standard InChI is InChI=1S/C16H16N4/c1-12-9-13(2)20(19-12)11-14-3-4-16(18-10-14)15-5-7-17-8-6-15/h3-10H,11H2,1-2H3. The smallest absolute Gasteiger partial charge is 0.0703 e. The highest BCUT2D eigenvalue weighted by Gasteiger charge is 2.03. The predicted octanol–water partition coefficient (Wildman–Crippen LogP) is 3.01. The van der Waals surface area contributed by atoms with Crippen molar-refractivity contribution in [1.82, 2.24) is 19.7 Å². The van der Waals surface area contributed by atoms with E-state index >= 15 is 0 Å². The van der Waals surface area contributed by atoms with Gasteiger partial charge in [-0.15, -0.1) is 0 Å². The second-order valence-corrected chi connectivity index (χ2v) is 4.87. The first-order valence-corrected chi connectivity index (χ1v) is 6.59. The molecule has 3 aromatic rings. The molecule has 4 heteroatoms. The van der Waals surface area contributed by atoms with Gasteiger partial charge in [-0.1, -0.05) is 6.07 Å². The van der Waals surface area contributed by atoms with Crippen LogP contribution in [0, 0.1) is 13.8 Å². The Morgan fingerprint density at radius 1 is 1.05 bits per heavy atom. The summed E-state index contributed by atoms with van der Waals surface area (Å²) in [4.78, 5) is 8.53. The molecular weight excluding hydrogens is 248 g/mol. The predicted molar refractivity (Wildman–Crippen MR) is 78.3 cm³/mol. The zero-order valence-corrected chi connectivity index (χ0v) is 11.6. The maximum absolute atomic E-state index is 4.51. The van der Waals surface area contributed by atoms with Gasteiger partial charge in [0, 0.05) is 29.8 Å². The highest BCUT2D eigenvalue weighted by atomic mass is 15.3. The van der Waals surface area contributed by atoms with Crippen molar-refractivity contribution in [3.8, 4) is 11.3 Å². The number of nitrogens with zero attached hydrogens (tertiary/aromatic N) is 4. The van der Waals surface area contributed by atoms with E-state index < -0.39 is 0 Å². The van der Waals surface area contributed by atoms with Gasteiger partial charge in [0.1, 0.15) is 0 Å². The minimum Gasteiger partial charge on any atom is -0.265 e. The SMILES string of the molecule is Cc1cc(C)n(Cc2ccc(-c3ccncc3)nc2)n1. The molecule has 0 aliphatic rings. The molecule has 0 N–H and O–H groups in total. The fourth-order valence-electron chi connectivity index (χ4n) is 2.22. The third-order valence-electron chi connectivity index (χ3n) is 3.24. The Balaban J connectivity index is 1.82. The van der Waals surface area contributed by atoms with Crippen LogP contribution in [0.3, 0.4) is 0 Å². The fraction of sp³-hybridized carbons (Fsp3) is 0.188. The molecule has 0 saturated heterocycles. The van der Waals surface area contributed by atoms with Gasteiger partial charge in [0.15, 0.2) is 0 Å². The largest absolute Gasteiger partial charge is 0.265 e. The molecule has 0 atom stereocenters.